The van der Waals surface area contributed by atoms with Gasteiger partial charge in [-0.25, -0.2) is 0 Å². The van der Waals surface area contributed by atoms with Crippen LogP contribution in [0, 0.1) is 6.92 Å². The molecule has 3 N–H and O–H groups in total. The summed E-state index contributed by atoms with van der Waals surface area (Å²) >= 11 is 0. The van der Waals surface area contributed by atoms with E-state index >= 15 is 0 Å². The molecule has 0 aliphatic rings. The van der Waals surface area contributed by atoms with Gasteiger partial charge in [0.1, 0.15) is 6.54 Å². The fourth-order valence-corrected chi connectivity index (χ4v) is 1.33. The Morgan fingerprint density at radius 2 is 2.12 bits per heavy atom. The molecule has 0 aliphatic heterocycles. The number of nitrogens with one attached hydrogen (secondary N) is 1. The molecule has 1 aromatic rings. The number of esters is 1. The smallest absolute Gasteiger partial charge is 0.325 e. The number of nitrogens with two attached hydrogens (primary N) is 1. The van der Waals surface area contributed by atoms with Gasteiger partial charge in [0.2, 0.25) is 5.91 Å². The van der Waals surface area contributed by atoms with E-state index in [9.17, 15) is 9.59 Å². The maximum absolute atomic E-state index is 11.1. The topological polar surface area (TPSA) is 81.4 Å². The first-order valence-corrected chi connectivity index (χ1v) is 4.76. The number of methoxy groups -OCH3 is 1. The fraction of sp³-hybridized carbons (Fsp3) is 0.273. The van der Waals surface area contributed by atoms with Gasteiger partial charge in [-0.2, -0.15) is 0 Å². The first-order valence-electron chi connectivity index (χ1n) is 4.76. The normalized spacial score (nSPS) is 9.62. The van der Waals surface area contributed by atoms with Crippen molar-refractivity contribution in [1.29, 1.82) is 0 Å². The van der Waals surface area contributed by atoms with Crippen molar-refractivity contribution in [3.63, 3.8) is 0 Å². The Kier molecular flexibility index (Phi) is 3.88. The number of carbonyl (C=O) groups is 2. The molecule has 0 unspecified atom stereocenters. The van der Waals surface area contributed by atoms with Crippen molar-refractivity contribution in [2.45, 2.75) is 6.92 Å². The third kappa shape index (κ3) is 2.73. The number of primary amides is 1. The van der Waals surface area contributed by atoms with Gasteiger partial charge in [-0.1, -0.05) is 6.07 Å². The Labute approximate surface area is 93.6 Å². The highest BCUT2D eigenvalue weighted by Gasteiger charge is 2.09. The average Bonchev–Trinajstić information content (AvgIpc) is 2.26. The highest BCUT2D eigenvalue weighted by Crippen LogP contribution is 2.18. The lowest BCUT2D eigenvalue weighted by Crippen LogP contribution is -2.17. The second-order valence-electron chi connectivity index (χ2n) is 3.27. The van der Waals surface area contributed by atoms with Crippen molar-refractivity contribution in [2.75, 3.05) is 19.0 Å². The summed E-state index contributed by atoms with van der Waals surface area (Å²) in [7, 11) is 1.32. The standard InChI is InChI=1S/C11H14N2O3/c1-7-8(11(12)15)4-3-5-9(7)13-6-10(14)16-2/h3-5,13H,6H2,1-2H3,(H2,12,15). The minimum Gasteiger partial charge on any atom is -0.468 e. The van der Waals surface area contributed by atoms with Crippen molar-refractivity contribution < 1.29 is 14.3 Å². The average molecular weight is 222 g/mol. The summed E-state index contributed by atoms with van der Waals surface area (Å²) in [5, 5.41) is 2.88. The number of ether oxygens (including phenoxy) is 1. The third-order valence-corrected chi connectivity index (χ3v) is 2.25. The molecular weight excluding hydrogens is 208 g/mol. The summed E-state index contributed by atoms with van der Waals surface area (Å²) in [4.78, 5) is 22.0. The number of benzene rings is 1. The van der Waals surface area contributed by atoms with Crippen LogP contribution in [-0.4, -0.2) is 25.5 Å². The predicted octanol–water partition coefficient (Wildman–Crippen LogP) is 0.679. The molecule has 0 bridgehead atoms. The van der Waals surface area contributed by atoms with Crippen LogP contribution >= 0.6 is 0 Å². The molecular formula is C11H14N2O3. The van der Waals surface area contributed by atoms with Gasteiger partial charge in [-0.3, -0.25) is 9.59 Å². The lowest BCUT2D eigenvalue weighted by Gasteiger charge is -2.10. The Hall–Kier alpha value is -2.04. The van der Waals surface area contributed by atoms with Gasteiger partial charge in [0.25, 0.3) is 0 Å². The Bertz CT molecular complexity index is 416. The molecule has 0 fully saturated rings. The van der Waals surface area contributed by atoms with E-state index in [4.69, 9.17) is 5.73 Å². The number of anilines is 1. The van der Waals surface area contributed by atoms with Gasteiger partial charge in [0.15, 0.2) is 0 Å². The molecule has 0 atom stereocenters. The summed E-state index contributed by atoms with van der Waals surface area (Å²) < 4.78 is 4.50. The summed E-state index contributed by atoms with van der Waals surface area (Å²) in [5.74, 6) is -0.858. The monoisotopic (exact) mass is 222 g/mol. The minimum absolute atomic E-state index is 0.0551. The highest BCUT2D eigenvalue weighted by atomic mass is 16.5. The van der Waals surface area contributed by atoms with Crippen LogP contribution in [0.5, 0.6) is 0 Å². The maximum atomic E-state index is 11.1. The van der Waals surface area contributed by atoms with Crippen LogP contribution in [0.3, 0.4) is 0 Å². The van der Waals surface area contributed by atoms with Crippen LogP contribution in [0.25, 0.3) is 0 Å². The first-order chi connectivity index (χ1) is 7.56. The van der Waals surface area contributed by atoms with Crippen LogP contribution < -0.4 is 11.1 Å². The van der Waals surface area contributed by atoms with Crippen LogP contribution in [0.1, 0.15) is 15.9 Å². The Balaban J connectivity index is 2.85. The van der Waals surface area contributed by atoms with Gasteiger partial charge in [-0.15, -0.1) is 0 Å². The van der Waals surface area contributed by atoms with Crippen molar-refractivity contribution in [1.82, 2.24) is 0 Å². The van der Waals surface area contributed by atoms with Gasteiger partial charge in [0.05, 0.1) is 7.11 Å². The van der Waals surface area contributed by atoms with Crippen LogP contribution in [-0.2, 0) is 9.53 Å². The number of hydrogen-bond donors (Lipinski definition) is 2. The van der Waals surface area contributed by atoms with Gasteiger partial charge >= 0.3 is 5.97 Å². The molecule has 0 aromatic heterocycles. The summed E-state index contributed by atoms with van der Waals surface area (Å²) in [6, 6.07) is 5.11. The number of hydrogen-bond acceptors (Lipinski definition) is 4. The quantitative estimate of drug-likeness (QED) is 0.734. The first kappa shape index (κ1) is 12.0. The van der Waals surface area contributed by atoms with Crippen molar-refractivity contribution >= 4 is 17.6 Å². The molecule has 16 heavy (non-hydrogen) atoms. The Morgan fingerprint density at radius 3 is 2.69 bits per heavy atom. The minimum atomic E-state index is -0.487. The van der Waals surface area contributed by atoms with Crippen molar-refractivity contribution in [3.8, 4) is 0 Å². The zero-order valence-corrected chi connectivity index (χ0v) is 9.24. The lowest BCUT2D eigenvalue weighted by atomic mass is 10.1. The van der Waals surface area contributed by atoms with E-state index in [2.05, 4.69) is 10.1 Å². The number of rotatable bonds is 4. The van der Waals surface area contributed by atoms with E-state index in [-0.39, 0.29) is 12.5 Å². The van der Waals surface area contributed by atoms with Crippen molar-refractivity contribution in [3.05, 3.63) is 29.3 Å². The summed E-state index contributed by atoms with van der Waals surface area (Å²) in [5.41, 5.74) is 7.06. The van der Waals surface area contributed by atoms with Gasteiger partial charge in [0, 0.05) is 11.3 Å². The largest absolute Gasteiger partial charge is 0.468 e. The molecule has 0 radical (unpaired) electrons. The molecule has 0 spiro atoms. The van der Waals surface area contributed by atoms with E-state index in [1.807, 2.05) is 0 Å². The second-order valence-corrected chi connectivity index (χ2v) is 3.27. The lowest BCUT2D eigenvalue weighted by molar-refractivity contribution is -0.138. The highest BCUT2D eigenvalue weighted by molar-refractivity contribution is 5.95. The molecule has 1 aromatic carbocycles. The zero-order chi connectivity index (χ0) is 12.1. The molecule has 0 saturated heterocycles. The molecule has 0 saturated carbocycles. The molecule has 1 rings (SSSR count). The SMILES string of the molecule is COC(=O)CNc1cccc(C(N)=O)c1C. The van der Waals surface area contributed by atoms with E-state index in [1.165, 1.54) is 7.11 Å². The van der Waals surface area contributed by atoms with E-state index in [0.717, 1.165) is 5.56 Å². The molecule has 0 aliphatic carbocycles. The van der Waals surface area contributed by atoms with Gasteiger partial charge in [-0.05, 0) is 24.6 Å². The molecule has 86 valence electrons. The van der Waals surface area contributed by atoms with E-state index < -0.39 is 5.91 Å². The zero-order valence-electron chi connectivity index (χ0n) is 9.24. The fourth-order valence-electron chi connectivity index (χ4n) is 1.33. The molecule has 1 amide bonds. The van der Waals surface area contributed by atoms with Crippen LogP contribution in [0.4, 0.5) is 5.69 Å². The number of carbonyl (C=O) groups excluding carboxylic acids is 2. The number of amides is 1. The summed E-state index contributed by atoms with van der Waals surface area (Å²) in [6.45, 7) is 1.82. The molecule has 0 heterocycles. The Morgan fingerprint density at radius 1 is 1.44 bits per heavy atom. The van der Waals surface area contributed by atoms with Crippen LogP contribution in [0.2, 0.25) is 0 Å². The maximum Gasteiger partial charge on any atom is 0.325 e. The molecule has 5 nitrogen and oxygen atoms in total. The van der Waals surface area contributed by atoms with Gasteiger partial charge < -0.3 is 15.8 Å². The molecule has 5 heteroatoms. The second kappa shape index (κ2) is 5.16. The van der Waals surface area contributed by atoms with Crippen LogP contribution in [0.15, 0.2) is 18.2 Å². The van der Waals surface area contributed by atoms with E-state index in [0.29, 0.717) is 11.3 Å². The third-order valence-electron chi connectivity index (χ3n) is 2.25. The van der Waals surface area contributed by atoms with Crippen molar-refractivity contribution in [2.24, 2.45) is 5.73 Å². The summed E-state index contributed by atoms with van der Waals surface area (Å²) in [6.07, 6.45) is 0. The van der Waals surface area contributed by atoms with E-state index in [1.54, 1.807) is 25.1 Å². The predicted molar refractivity (Wildman–Crippen MR) is 60.2 cm³/mol.